The van der Waals surface area contributed by atoms with Crippen molar-refractivity contribution in [2.24, 2.45) is 0 Å². The number of nitrogens with zero attached hydrogens (tertiary/aromatic N) is 2. The summed E-state index contributed by atoms with van der Waals surface area (Å²) < 4.78 is 68.3. The first-order valence-corrected chi connectivity index (χ1v) is 17.8. The highest BCUT2D eigenvalue weighted by Gasteiger charge is 2.30. The van der Waals surface area contributed by atoms with Crippen LogP contribution in [0.2, 0.25) is 0 Å². The molecular formula is C30H44N4O8S2. The van der Waals surface area contributed by atoms with E-state index < -0.39 is 32.1 Å². The van der Waals surface area contributed by atoms with Gasteiger partial charge in [0.15, 0.2) is 0 Å². The van der Waals surface area contributed by atoms with Gasteiger partial charge < -0.3 is 19.3 Å². The Bertz CT molecular complexity index is 1330. The summed E-state index contributed by atoms with van der Waals surface area (Å²) in [6, 6.07) is 10.9. The van der Waals surface area contributed by atoms with Crippen molar-refractivity contribution < 1.29 is 35.9 Å². The van der Waals surface area contributed by atoms with Gasteiger partial charge in [-0.1, -0.05) is 49.2 Å². The van der Waals surface area contributed by atoms with Crippen LogP contribution in [-0.4, -0.2) is 103 Å². The minimum atomic E-state index is -3.91. The van der Waals surface area contributed by atoms with Crippen LogP contribution in [0, 0.1) is 13.8 Å². The van der Waals surface area contributed by atoms with E-state index in [-0.39, 0.29) is 87.1 Å². The van der Waals surface area contributed by atoms with Gasteiger partial charge >= 0.3 is 0 Å². The maximum Gasteiger partial charge on any atom is 0.241 e. The molecule has 0 saturated carbocycles. The van der Waals surface area contributed by atoms with Crippen molar-refractivity contribution in [3.8, 4) is 0 Å². The lowest BCUT2D eigenvalue weighted by atomic mass is 10.2. The van der Waals surface area contributed by atoms with Crippen LogP contribution in [0.15, 0.2) is 58.3 Å². The Morgan fingerprint density at radius 1 is 0.636 bits per heavy atom. The van der Waals surface area contributed by atoms with Gasteiger partial charge in [0.1, 0.15) is 12.1 Å². The predicted octanol–water partition coefficient (Wildman–Crippen LogP) is 1.82. The highest BCUT2D eigenvalue weighted by Crippen LogP contribution is 2.14. The Balaban J connectivity index is 1.59. The second kappa shape index (κ2) is 16.4. The molecule has 0 aliphatic carbocycles. The molecule has 0 spiro atoms. The van der Waals surface area contributed by atoms with Crippen LogP contribution in [0.4, 0.5) is 0 Å². The van der Waals surface area contributed by atoms with E-state index >= 15 is 0 Å². The van der Waals surface area contributed by atoms with E-state index in [1.165, 1.54) is 34.1 Å². The topological polar surface area (TPSA) is 151 Å². The summed E-state index contributed by atoms with van der Waals surface area (Å²) in [7, 11) is -7.81. The van der Waals surface area contributed by atoms with E-state index in [0.29, 0.717) is 0 Å². The average Bonchev–Trinajstić information content (AvgIpc) is 2.99. The molecule has 2 amide bonds. The number of nitrogens with one attached hydrogen (secondary N) is 2. The molecule has 0 radical (unpaired) electrons. The summed E-state index contributed by atoms with van der Waals surface area (Å²) in [5, 5.41) is 0. The zero-order valence-corrected chi connectivity index (χ0v) is 27.5. The first-order valence-electron chi connectivity index (χ1n) is 14.8. The van der Waals surface area contributed by atoms with Crippen LogP contribution in [-0.2, 0) is 39.1 Å². The lowest BCUT2D eigenvalue weighted by molar-refractivity contribution is -0.136. The zero-order valence-electron chi connectivity index (χ0n) is 25.8. The summed E-state index contributed by atoms with van der Waals surface area (Å²) in [5.74, 6) is -0.758. The first-order chi connectivity index (χ1) is 20.9. The number of hydrogen-bond acceptors (Lipinski definition) is 8. The second-order valence-electron chi connectivity index (χ2n) is 10.7. The molecule has 0 unspecified atom stereocenters. The number of carbonyl (C=O) groups excluding carboxylic acids is 2. The standard InChI is InChI=1S/C30H44N4O8S2/c1-5-27(31-43(37,38)25-11-7-23(3)8-12-25)29(35)33-15-19-41-21-17-34(18-22-42-20-16-33)30(36)28(6-2)32-44(39,40)26-13-9-24(4)10-14-26/h7-14,27-28,31-32H,5-6,15-22H2,1-4H3/t27-,28-/m1/s1. The summed E-state index contributed by atoms with van der Waals surface area (Å²) in [6.45, 7) is 8.63. The summed E-state index contributed by atoms with van der Waals surface area (Å²) in [5.41, 5.74) is 1.85. The van der Waals surface area contributed by atoms with E-state index in [1.54, 1.807) is 38.1 Å². The number of ether oxygens (including phenoxy) is 2. The minimum Gasteiger partial charge on any atom is -0.378 e. The van der Waals surface area contributed by atoms with Gasteiger partial charge in [-0.15, -0.1) is 0 Å². The Morgan fingerprint density at radius 3 is 1.20 bits per heavy atom. The van der Waals surface area contributed by atoms with Crippen molar-refractivity contribution >= 4 is 31.9 Å². The normalized spacial score (nSPS) is 17.3. The first kappa shape index (κ1) is 35.6. The van der Waals surface area contributed by atoms with Crippen molar-refractivity contribution in [3.05, 3.63) is 59.7 Å². The number of rotatable bonds is 10. The molecule has 1 heterocycles. The number of hydrogen-bond donors (Lipinski definition) is 2. The summed E-state index contributed by atoms with van der Waals surface area (Å²) in [6.07, 6.45) is 0.511. The van der Waals surface area contributed by atoms with Crippen molar-refractivity contribution in [1.82, 2.24) is 19.2 Å². The summed E-state index contributed by atoms with van der Waals surface area (Å²) >= 11 is 0. The van der Waals surface area contributed by atoms with Crippen LogP contribution in [0.5, 0.6) is 0 Å². The van der Waals surface area contributed by atoms with Crippen molar-refractivity contribution in [2.75, 3.05) is 52.6 Å². The molecule has 44 heavy (non-hydrogen) atoms. The molecular weight excluding hydrogens is 608 g/mol. The SMILES string of the molecule is CC[C@@H](NS(=O)(=O)c1ccc(C)cc1)C(=O)N1CCOCCN(C(=O)[C@@H](CC)NS(=O)(=O)c2ccc(C)cc2)CCOCC1. The van der Waals surface area contributed by atoms with Gasteiger partial charge in [0, 0.05) is 26.2 Å². The average molecular weight is 653 g/mol. The van der Waals surface area contributed by atoms with Crippen LogP contribution >= 0.6 is 0 Å². The van der Waals surface area contributed by atoms with Crippen molar-refractivity contribution in [1.29, 1.82) is 0 Å². The van der Waals surface area contributed by atoms with Crippen molar-refractivity contribution in [2.45, 2.75) is 62.4 Å². The maximum absolute atomic E-state index is 13.4. The Hall–Kier alpha value is -2.88. The van der Waals surface area contributed by atoms with Gasteiger partial charge in [0.2, 0.25) is 31.9 Å². The van der Waals surface area contributed by atoms with E-state index in [4.69, 9.17) is 9.47 Å². The molecule has 3 rings (SSSR count). The van der Waals surface area contributed by atoms with Crippen LogP contribution in [0.25, 0.3) is 0 Å². The molecule has 0 bridgehead atoms. The minimum absolute atomic E-state index is 0.0853. The maximum atomic E-state index is 13.4. The molecule has 1 fully saturated rings. The fourth-order valence-corrected chi connectivity index (χ4v) is 7.12. The van der Waals surface area contributed by atoms with Gasteiger partial charge in [-0.05, 0) is 51.0 Å². The van der Waals surface area contributed by atoms with Gasteiger partial charge in [-0.2, -0.15) is 9.44 Å². The molecule has 2 atom stereocenters. The smallest absolute Gasteiger partial charge is 0.241 e. The molecule has 2 N–H and O–H groups in total. The van der Waals surface area contributed by atoms with Gasteiger partial charge in [-0.3, -0.25) is 9.59 Å². The lowest BCUT2D eigenvalue weighted by Gasteiger charge is -2.30. The molecule has 1 aliphatic heterocycles. The third-order valence-corrected chi connectivity index (χ3v) is 10.3. The van der Waals surface area contributed by atoms with Crippen LogP contribution < -0.4 is 9.44 Å². The molecule has 0 aromatic heterocycles. The molecule has 2 aromatic rings. The van der Waals surface area contributed by atoms with Crippen LogP contribution in [0.1, 0.15) is 37.8 Å². The van der Waals surface area contributed by atoms with Crippen LogP contribution in [0.3, 0.4) is 0 Å². The van der Waals surface area contributed by atoms with Crippen molar-refractivity contribution in [3.63, 3.8) is 0 Å². The number of sulfonamides is 2. The number of benzene rings is 2. The highest BCUT2D eigenvalue weighted by atomic mass is 32.2. The van der Waals surface area contributed by atoms with Gasteiger partial charge in [0.05, 0.1) is 36.2 Å². The fourth-order valence-electron chi connectivity index (χ4n) is 4.57. The van der Waals surface area contributed by atoms with Gasteiger partial charge in [-0.25, -0.2) is 16.8 Å². The number of amides is 2. The third-order valence-electron chi connectivity index (χ3n) is 7.32. The second-order valence-corrected chi connectivity index (χ2v) is 14.1. The lowest BCUT2D eigenvalue weighted by Crippen LogP contribution is -2.51. The largest absolute Gasteiger partial charge is 0.378 e. The molecule has 12 nitrogen and oxygen atoms in total. The quantitative estimate of drug-likeness (QED) is 0.395. The third kappa shape index (κ3) is 10.1. The van der Waals surface area contributed by atoms with E-state index in [0.717, 1.165) is 11.1 Å². The Kier molecular flexibility index (Phi) is 13.3. The van der Waals surface area contributed by atoms with Gasteiger partial charge in [0.25, 0.3) is 0 Å². The molecule has 2 aromatic carbocycles. The molecule has 1 aliphatic rings. The van der Waals surface area contributed by atoms with E-state index in [1.807, 2.05) is 13.8 Å². The zero-order chi connectivity index (χ0) is 32.3. The molecule has 244 valence electrons. The monoisotopic (exact) mass is 652 g/mol. The highest BCUT2D eigenvalue weighted by molar-refractivity contribution is 7.89. The van der Waals surface area contributed by atoms with E-state index in [9.17, 15) is 26.4 Å². The fraction of sp³-hybridized carbons (Fsp3) is 0.533. The number of carbonyl (C=O) groups is 2. The molecule has 14 heteroatoms. The predicted molar refractivity (Wildman–Crippen MR) is 166 cm³/mol. The number of aryl methyl sites for hydroxylation is 2. The van der Waals surface area contributed by atoms with E-state index in [2.05, 4.69) is 9.44 Å². The Morgan fingerprint density at radius 2 is 0.932 bits per heavy atom. The Labute approximate surface area is 261 Å². The molecule has 1 saturated heterocycles. The summed E-state index contributed by atoms with van der Waals surface area (Å²) in [4.78, 5) is 29.9.